The van der Waals surface area contributed by atoms with Crippen molar-refractivity contribution < 1.29 is 19.4 Å². The Morgan fingerprint density at radius 3 is 2.77 bits per heavy atom. The molecular formula is C23H22N8O4. The number of carbonyl (C=O) groups is 2. The number of aliphatic hydroxyl groups is 1. The maximum Gasteiger partial charge on any atom is 0.260 e. The molecule has 3 unspecified atom stereocenters. The van der Waals surface area contributed by atoms with Crippen LogP contribution >= 0.6 is 0 Å². The number of anilines is 2. The average Bonchev–Trinajstić information content (AvgIpc) is 3.35. The van der Waals surface area contributed by atoms with Crippen LogP contribution in [0.3, 0.4) is 0 Å². The van der Waals surface area contributed by atoms with Gasteiger partial charge in [-0.05, 0) is 37.3 Å². The molecule has 2 aromatic heterocycles. The molecule has 5 N–H and O–H groups in total. The molecule has 1 fully saturated rings. The number of hydrogen-bond donors (Lipinski definition) is 4. The van der Waals surface area contributed by atoms with Crippen molar-refractivity contribution in [3.05, 3.63) is 66.1 Å². The van der Waals surface area contributed by atoms with Crippen molar-refractivity contribution in [2.45, 2.75) is 25.2 Å². The van der Waals surface area contributed by atoms with Gasteiger partial charge in [-0.25, -0.2) is 9.67 Å². The van der Waals surface area contributed by atoms with Crippen molar-refractivity contribution in [1.82, 2.24) is 14.8 Å². The monoisotopic (exact) mass is 474 g/mol. The van der Waals surface area contributed by atoms with E-state index < -0.39 is 30.1 Å². The normalized spacial score (nSPS) is 18.5. The van der Waals surface area contributed by atoms with E-state index in [1.54, 1.807) is 43.5 Å². The summed E-state index contributed by atoms with van der Waals surface area (Å²) in [6.45, 7) is 1.89. The van der Waals surface area contributed by atoms with Crippen LogP contribution in [0.4, 0.5) is 11.5 Å². The van der Waals surface area contributed by atoms with E-state index in [0.717, 1.165) is 0 Å². The Morgan fingerprint density at radius 2 is 2.09 bits per heavy atom. The van der Waals surface area contributed by atoms with E-state index in [0.29, 0.717) is 22.8 Å². The summed E-state index contributed by atoms with van der Waals surface area (Å²) in [6, 6.07) is 13.0. The second kappa shape index (κ2) is 9.72. The summed E-state index contributed by atoms with van der Waals surface area (Å²) in [5.74, 6) is -1.25. The SMILES string of the molecule is CC1CN(c2ccn(-c3ccnc(C#N)c3)n2)C(=O)C(C(O)C(=O)Nc2ccc(C(=N)N)cc2)O1. The van der Waals surface area contributed by atoms with E-state index in [-0.39, 0.29) is 18.1 Å². The molecule has 12 heteroatoms. The van der Waals surface area contributed by atoms with Crippen molar-refractivity contribution >= 4 is 29.2 Å². The Labute approximate surface area is 200 Å². The van der Waals surface area contributed by atoms with Crippen LogP contribution in [0, 0.1) is 16.7 Å². The van der Waals surface area contributed by atoms with Gasteiger partial charge in [0.1, 0.15) is 17.6 Å². The summed E-state index contributed by atoms with van der Waals surface area (Å²) in [5.41, 5.74) is 7.07. The predicted molar refractivity (Wildman–Crippen MR) is 125 cm³/mol. The van der Waals surface area contributed by atoms with Gasteiger partial charge in [-0.15, -0.1) is 5.10 Å². The molecule has 35 heavy (non-hydrogen) atoms. The zero-order chi connectivity index (χ0) is 25.1. The molecule has 3 atom stereocenters. The smallest absolute Gasteiger partial charge is 0.260 e. The topological polar surface area (TPSA) is 183 Å². The first-order valence-corrected chi connectivity index (χ1v) is 10.6. The second-order valence-electron chi connectivity index (χ2n) is 7.87. The van der Waals surface area contributed by atoms with Crippen LogP contribution in [-0.2, 0) is 14.3 Å². The first kappa shape index (κ1) is 23.6. The number of nitrogens with one attached hydrogen (secondary N) is 2. The van der Waals surface area contributed by atoms with Gasteiger partial charge in [0, 0.05) is 35.8 Å². The van der Waals surface area contributed by atoms with Crippen molar-refractivity contribution in [2.24, 2.45) is 5.73 Å². The van der Waals surface area contributed by atoms with E-state index in [2.05, 4.69) is 15.4 Å². The zero-order valence-electron chi connectivity index (χ0n) is 18.6. The van der Waals surface area contributed by atoms with Crippen molar-refractivity contribution in [3.63, 3.8) is 0 Å². The Hall–Kier alpha value is -4.60. The third-order valence-corrected chi connectivity index (χ3v) is 5.32. The van der Waals surface area contributed by atoms with Crippen LogP contribution in [-0.4, -0.2) is 62.4 Å². The number of pyridine rings is 1. The summed E-state index contributed by atoms with van der Waals surface area (Å²) in [5, 5.41) is 34.1. The Morgan fingerprint density at radius 1 is 1.34 bits per heavy atom. The standard InChI is InChI=1S/C23H22N8O4/c1-13-12-30(18-7-9-31(29-18)17-6-8-27-16(10-17)11-24)23(34)20(35-13)19(32)22(33)28-15-4-2-14(3-5-15)21(25)26/h2-10,13,19-20,32H,12H2,1H3,(H3,25,26)(H,28,33). The molecule has 1 aliphatic rings. The van der Waals surface area contributed by atoms with Gasteiger partial charge in [0.25, 0.3) is 11.8 Å². The van der Waals surface area contributed by atoms with Crippen molar-refractivity contribution in [3.8, 4) is 11.8 Å². The molecule has 1 saturated heterocycles. The Kier molecular flexibility index (Phi) is 6.54. The minimum atomic E-state index is -1.78. The van der Waals surface area contributed by atoms with Gasteiger partial charge < -0.3 is 20.9 Å². The van der Waals surface area contributed by atoms with E-state index in [1.807, 2.05) is 6.07 Å². The number of amidine groups is 1. The molecule has 4 rings (SSSR count). The molecule has 0 aliphatic carbocycles. The van der Waals surface area contributed by atoms with E-state index in [1.165, 1.54) is 27.9 Å². The number of rotatable bonds is 6. The number of aromatic nitrogens is 3. The fraction of sp³-hybridized carbons (Fsp3) is 0.217. The molecule has 1 aromatic carbocycles. The van der Waals surface area contributed by atoms with Crippen LogP contribution in [0.25, 0.3) is 5.69 Å². The minimum absolute atomic E-state index is 0.116. The second-order valence-corrected chi connectivity index (χ2v) is 7.87. The van der Waals surface area contributed by atoms with Gasteiger partial charge in [0.2, 0.25) is 0 Å². The number of benzene rings is 1. The zero-order valence-corrected chi connectivity index (χ0v) is 18.6. The quantitative estimate of drug-likeness (QED) is 0.295. The maximum atomic E-state index is 13.2. The van der Waals surface area contributed by atoms with Gasteiger partial charge in [-0.2, -0.15) is 5.26 Å². The van der Waals surface area contributed by atoms with Gasteiger partial charge in [0.15, 0.2) is 18.0 Å². The lowest BCUT2D eigenvalue weighted by Gasteiger charge is -2.36. The van der Waals surface area contributed by atoms with E-state index in [9.17, 15) is 14.7 Å². The number of hydrogen-bond acceptors (Lipinski definition) is 8. The predicted octanol–water partition coefficient (Wildman–Crippen LogP) is 0.543. The summed E-state index contributed by atoms with van der Waals surface area (Å²) < 4.78 is 7.11. The number of morpholine rings is 1. The van der Waals surface area contributed by atoms with Gasteiger partial charge in [-0.1, -0.05) is 0 Å². The minimum Gasteiger partial charge on any atom is -0.384 e. The first-order valence-electron chi connectivity index (χ1n) is 10.6. The molecule has 0 bridgehead atoms. The van der Waals surface area contributed by atoms with Gasteiger partial charge in [0.05, 0.1) is 18.3 Å². The highest BCUT2D eigenvalue weighted by Gasteiger charge is 2.42. The molecule has 3 aromatic rings. The fourth-order valence-electron chi connectivity index (χ4n) is 3.58. The first-order chi connectivity index (χ1) is 16.8. The van der Waals surface area contributed by atoms with Crippen molar-refractivity contribution in [1.29, 1.82) is 10.7 Å². The molecule has 12 nitrogen and oxygen atoms in total. The third kappa shape index (κ3) is 5.01. The summed E-state index contributed by atoms with van der Waals surface area (Å²) in [4.78, 5) is 31.1. The molecule has 0 saturated carbocycles. The fourth-order valence-corrected chi connectivity index (χ4v) is 3.58. The van der Waals surface area contributed by atoms with E-state index >= 15 is 0 Å². The number of carbonyl (C=O) groups excluding carboxylic acids is 2. The maximum absolute atomic E-state index is 13.2. The molecule has 2 amide bonds. The molecule has 178 valence electrons. The summed E-state index contributed by atoms with van der Waals surface area (Å²) >= 11 is 0. The lowest BCUT2D eigenvalue weighted by Crippen LogP contribution is -2.58. The molecule has 1 aliphatic heterocycles. The van der Waals surface area contributed by atoms with Gasteiger partial charge >= 0.3 is 0 Å². The van der Waals surface area contributed by atoms with Crippen LogP contribution in [0.1, 0.15) is 18.2 Å². The highest BCUT2D eigenvalue weighted by atomic mass is 16.5. The lowest BCUT2D eigenvalue weighted by molar-refractivity contribution is -0.156. The van der Waals surface area contributed by atoms with E-state index in [4.69, 9.17) is 21.1 Å². The van der Waals surface area contributed by atoms with Crippen molar-refractivity contribution in [2.75, 3.05) is 16.8 Å². The highest BCUT2D eigenvalue weighted by Crippen LogP contribution is 2.23. The number of aliphatic hydroxyl groups excluding tert-OH is 1. The number of nitriles is 1. The number of nitrogens with two attached hydrogens (primary N) is 1. The number of nitrogens with zero attached hydrogens (tertiary/aromatic N) is 5. The highest BCUT2D eigenvalue weighted by molar-refractivity contribution is 6.03. The number of ether oxygens (including phenoxy) is 1. The van der Waals surface area contributed by atoms with Crippen LogP contribution in [0.2, 0.25) is 0 Å². The van der Waals surface area contributed by atoms with Crippen LogP contribution < -0.4 is 16.0 Å². The molecular weight excluding hydrogens is 452 g/mol. The number of amides is 2. The third-order valence-electron chi connectivity index (χ3n) is 5.32. The molecule has 0 spiro atoms. The molecule has 3 heterocycles. The summed E-state index contributed by atoms with van der Waals surface area (Å²) in [7, 11) is 0. The van der Waals surface area contributed by atoms with Crippen LogP contribution in [0.5, 0.6) is 0 Å². The Balaban J connectivity index is 1.50. The summed E-state index contributed by atoms with van der Waals surface area (Å²) in [6.07, 6.45) is -0.587. The lowest BCUT2D eigenvalue weighted by atomic mass is 10.1. The average molecular weight is 474 g/mol. The largest absolute Gasteiger partial charge is 0.384 e. The number of nitrogen functional groups attached to an aromatic ring is 1. The van der Waals surface area contributed by atoms with Crippen LogP contribution in [0.15, 0.2) is 54.9 Å². The molecule has 0 radical (unpaired) electrons. The Bertz CT molecular complexity index is 1310. The van der Waals surface area contributed by atoms with Gasteiger partial charge in [-0.3, -0.25) is 19.9 Å².